The zero-order chi connectivity index (χ0) is 14.5. The van der Waals surface area contributed by atoms with Gasteiger partial charge in [-0.25, -0.2) is 0 Å². The zero-order valence-corrected chi connectivity index (χ0v) is 12.1. The van der Waals surface area contributed by atoms with Gasteiger partial charge in [-0.2, -0.15) is 0 Å². The number of nitrogens with two attached hydrogens (primary N) is 1. The van der Waals surface area contributed by atoms with Gasteiger partial charge in [-0.15, -0.1) is 0 Å². The van der Waals surface area contributed by atoms with Gasteiger partial charge in [-0.3, -0.25) is 4.79 Å². The van der Waals surface area contributed by atoms with Gasteiger partial charge in [0.2, 0.25) is 0 Å². The molecule has 0 radical (unpaired) electrons. The van der Waals surface area contributed by atoms with Gasteiger partial charge in [-0.1, -0.05) is 29.8 Å². The number of aryl methyl sites for hydroxylation is 1. The van der Waals surface area contributed by atoms with Crippen LogP contribution >= 0.6 is 11.6 Å². The van der Waals surface area contributed by atoms with Crippen molar-refractivity contribution in [2.75, 3.05) is 12.3 Å². The van der Waals surface area contributed by atoms with E-state index in [-0.39, 0.29) is 5.91 Å². The maximum Gasteiger partial charge on any atom is 0.251 e. The summed E-state index contributed by atoms with van der Waals surface area (Å²) in [4.78, 5) is 12.1. The lowest BCUT2D eigenvalue weighted by Gasteiger charge is -2.08. The van der Waals surface area contributed by atoms with Crippen LogP contribution in [-0.4, -0.2) is 12.5 Å². The van der Waals surface area contributed by atoms with Gasteiger partial charge < -0.3 is 11.1 Å². The fourth-order valence-electron chi connectivity index (χ4n) is 1.94. The lowest BCUT2D eigenvalue weighted by atomic mass is 10.1. The molecule has 0 saturated heterocycles. The molecular formula is C16H17ClN2O. The number of rotatable bonds is 4. The molecule has 2 rings (SSSR count). The first-order valence-electron chi connectivity index (χ1n) is 6.45. The topological polar surface area (TPSA) is 55.1 Å². The molecule has 3 N–H and O–H groups in total. The second-order valence-electron chi connectivity index (χ2n) is 4.71. The van der Waals surface area contributed by atoms with Crippen molar-refractivity contribution < 1.29 is 4.79 Å². The number of amides is 1. The lowest BCUT2D eigenvalue weighted by molar-refractivity contribution is 0.0953. The Labute approximate surface area is 123 Å². The zero-order valence-electron chi connectivity index (χ0n) is 11.3. The third-order valence-electron chi connectivity index (χ3n) is 3.12. The third kappa shape index (κ3) is 3.75. The van der Waals surface area contributed by atoms with Crippen LogP contribution in [0.5, 0.6) is 0 Å². The molecule has 0 atom stereocenters. The van der Waals surface area contributed by atoms with Crippen LogP contribution in [0.1, 0.15) is 21.5 Å². The molecule has 0 aromatic heterocycles. The number of nitrogen functional groups attached to an aromatic ring is 1. The summed E-state index contributed by atoms with van der Waals surface area (Å²) in [5, 5.41) is 3.47. The molecule has 4 heteroatoms. The second kappa shape index (κ2) is 6.44. The molecule has 0 aliphatic carbocycles. The van der Waals surface area contributed by atoms with Gasteiger partial charge >= 0.3 is 0 Å². The summed E-state index contributed by atoms with van der Waals surface area (Å²) in [6.45, 7) is 2.47. The minimum atomic E-state index is -0.0968. The van der Waals surface area contributed by atoms with Crippen molar-refractivity contribution in [1.29, 1.82) is 0 Å². The van der Waals surface area contributed by atoms with Crippen molar-refractivity contribution >= 4 is 23.2 Å². The first-order chi connectivity index (χ1) is 9.56. The SMILES string of the molecule is Cc1ccc(Cl)cc1C(=O)NCCc1ccc(N)cc1. The van der Waals surface area contributed by atoms with Crippen molar-refractivity contribution in [3.8, 4) is 0 Å². The average molecular weight is 289 g/mol. The van der Waals surface area contributed by atoms with Crippen molar-refractivity contribution in [3.05, 3.63) is 64.2 Å². The summed E-state index contributed by atoms with van der Waals surface area (Å²) in [7, 11) is 0. The minimum Gasteiger partial charge on any atom is -0.399 e. The largest absolute Gasteiger partial charge is 0.399 e. The van der Waals surface area contributed by atoms with Crippen molar-refractivity contribution in [2.45, 2.75) is 13.3 Å². The molecule has 0 aliphatic rings. The Morgan fingerprint density at radius 2 is 1.90 bits per heavy atom. The van der Waals surface area contributed by atoms with Gasteiger partial charge in [0.25, 0.3) is 5.91 Å². The summed E-state index contributed by atoms with van der Waals surface area (Å²) >= 11 is 5.91. The Hall–Kier alpha value is -2.00. The monoisotopic (exact) mass is 288 g/mol. The number of carbonyl (C=O) groups is 1. The van der Waals surface area contributed by atoms with Gasteiger partial charge in [0, 0.05) is 22.8 Å². The van der Waals surface area contributed by atoms with Crippen LogP contribution in [0.15, 0.2) is 42.5 Å². The van der Waals surface area contributed by atoms with Crippen LogP contribution in [-0.2, 0) is 6.42 Å². The molecule has 0 unspecified atom stereocenters. The number of anilines is 1. The Bertz CT molecular complexity index is 608. The second-order valence-corrected chi connectivity index (χ2v) is 5.14. The number of hydrogen-bond acceptors (Lipinski definition) is 2. The van der Waals surface area contributed by atoms with E-state index in [2.05, 4.69) is 5.32 Å². The van der Waals surface area contributed by atoms with Crippen molar-refractivity contribution in [3.63, 3.8) is 0 Å². The van der Waals surface area contributed by atoms with Gasteiger partial charge in [-0.05, 0) is 48.7 Å². The molecule has 2 aromatic rings. The molecule has 0 heterocycles. The average Bonchev–Trinajstić information content (AvgIpc) is 2.43. The van der Waals surface area contributed by atoms with E-state index in [1.54, 1.807) is 12.1 Å². The number of carbonyl (C=O) groups excluding carboxylic acids is 1. The van der Waals surface area contributed by atoms with Crippen LogP contribution in [0, 0.1) is 6.92 Å². The molecule has 1 amide bonds. The Morgan fingerprint density at radius 3 is 2.60 bits per heavy atom. The highest BCUT2D eigenvalue weighted by atomic mass is 35.5. The Morgan fingerprint density at radius 1 is 1.20 bits per heavy atom. The Balaban J connectivity index is 1.92. The number of benzene rings is 2. The van der Waals surface area contributed by atoms with Crippen molar-refractivity contribution in [2.24, 2.45) is 0 Å². The lowest BCUT2D eigenvalue weighted by Crippen LogP contribution is -2.26. The molecule has 2 aromatic carbocycles. The van der Waals surface area contributed by atoms with E-state index in [1.807, 2.05) is 37.3 Å². The maximum absolute atomic E-state index is 12.1. The highest BCUT2D eigenvalue weighted by Gasteiger charge is 2.08. The van der Waals surface area contributed by atoms with E-state index in [1.165, 1.54) is 0 Å². The molecule has 0 aliphatic heterocycles. The summed E-state index contributed by atoms with van der Waals surface area (Å²) in [6, 6.07) is 13.0. The summed E-state index contributed by atoms with van der Waals surface area (Å²) in [5.74, 6) is -0.0968. The number of nitrogens with one attached hydrogen (secondary N) is 1. The van der Waals surface area contributed by atoms with Gasteiger partial charge in [0.1, 0.15) is 0 Å². The predicted molar refractivity (Wildman–Crippen MR) is 83.1 cm³/mol. The summed E-state index contributed by atoms with van der Waals surface area (Å²) in [6.07, 6.45) is 0.769. The minimum absolute atomic E-state index is 0.0968. The van der Waals surface area contributed by atoms with Crippen LogP contribution in [0.25, 0.3) is 0 Å². The van der Waals surface area contributed by atoms with E-state index in [9.17, 15) is 4.79 Å². The van der Waals surface area contributed by atoms with Crippen LogP contribution < -0.4 is 11.1 Å². The van der Waals surface area contributed by atoms with E-state index < -0.39 is 0 Å². The molecule has 0 fully saturated rings. The molecule has 0 bridgehead atoms. The maximum atomic E-state index is 12.1. The fourth-order valence-corrected chi connectivity index (χ4v) is 2.11. The molecular weight excluding hydrogens is 272 g/mol. The first-order valence-corrected chi connectivity index (χ1v) is 6.83. The Kier molecular flexibility index (Phi) is 4.64. The van der Waals surface area contributed by atoms with Gasteiger partial charge in [0.05, 0.1) is 0 Å². The van der Waals surface area contributed by atoms with Crippen LogP contribution in [0.2, 0.25) is 5.02 Å². The normalized spacial score (nSPS) is 10.3. The highest BCUT2D eigenvalue weighted by Crippen LogP contribution is 2.15. The standard InChI is InChI=1S/C16H17ClN2O/c1-11-2-5-13(17)10-15(11)16(20)19-9-8-12-3-6-14(18)7-4-12/h2-7,10H,8-9,18H2,1H3,(H,19,20). The van der Waals surface area contributed by atoms with Gasteiger partial charge in [0.15, 0.2) is 0 Å². The highest BCUT2D eigenvalue weighted by molar-refractivity contribution is 6.31. The number of hydrogen-bond donors (Lipinski definition) is 2. The predicted octanol–water partition coefficient (Wildman–Crippen LogP) is 3.20. The molecule has 104 valence electrons. The quantitative estimate of drug-likeness (QED) is 0.849. The van der Waals surface area contributed by atoms with E-state index in [0.29, 0.717) is 17.1 Å². The van der Waals surface area contributed by atoms with Crippen molar-refractivity contribution in [1.82, 2.24) is 5.32 Å². The molecule has 3 nitrogen and oxygen atoms in total. The van der Waals surface area contributed by atoms with Crippen LogP contribution in [0.4, 0.5) is 5.69 Å². The summed E-state index contributed by atoms with van der Waals surface area (Å²) in [5.41, 5.74) is 9.05. The fraction of sp³-hybridized carbons (Fsp3) is 0.188. The van der Waals surface area contributed by atoms with E-state index in [4.69, 9.17) is 17.3 Å². The van der Waals surface area contributed by atoms with E-state index in [0.717, 1.165) is 23.2 Å². The smallest absolute Gasteiger partial charge is 0.251 e. The van der Waals surface area contributed by atoms with Crippen LogP contribution in [0.3, 0.4) is 0 Å². The number of halogens is 1. The first kappa shape index (κ1) is 14.4. The third-order valence-corrected chi connectivity index (χ3v) is 3.36. The van der Waals surface area contributed by atoms with E-state index >= 15 is 0 Å². The molecule has 0 saturated carbocycles. The molecule has 0 spiro atoms. The molecule has 20 heavy (non-hydrogen) atoms. The summed E-state index contributed by atoms with van der Waals surface area (Å²) < 4.78 is 0.